The van der Waals surface area contributed by atoms with E-state index in [1.165, 1.54) is 12.1 Å². The van der Waals surface area contributed by atoms with Crippen molar-refractivity contribution < 1.29 is 4.39 Å². The van der Waals surface area contributed by atoms with Gasteiger partial charge in [-0.3, -0.25) is 4.98 Å². The molecule has 31 heavy (non-hydrogen) atoms. The van der Waals surface area contributed by atoms with Gasteiger partial charge in [0, 0.05) is 40.1 Å². The Morgan fingerprint density at radius 3 is 2.65 bits per heavy atom. The van der Waals surface area contributed by atoms with Gasteiger partial charge in [-0.05, 0) is 74.4 Å². The first kappa shape index (κ1) is 19.6. The number of allylic oxidation sites excluding steroid dienone is 2. The average molecular weight is 410 g/mol. The molecule has 2 aliphatic rings. The highest BCUT2D eigenvalue weighted by Gasteiger charge is 2.38. The van der Waals surface area contributed by atoms with E-state index in [0.29, 0.717) is 24.1 Å². The van der Waals surface area contributed by atoms with Crippen LogP contribution in [-0.4, -0.2) is 15.0 Å². The Kier molecular flexibility index (Phi) is 4.86. The first-order valence-corrected chi connectivity index (χ1v) is 10.7. The van der Waals surface area contributed by atoms with Gasteiger partial charge in [-0.2, -0.15) is 5.26 Å². The fourth-order valence-corrected chi connectivity index (χ4v) is 5.14. The first-order chi connectivity index (χ1) is 15.0. The zero-order valence-electron chi connectivity index (χ0n) is 17.6. The number of pyridine rings is 1. The minimum absolute atomic E-state index is 0.197. The number of aromatic nitrogens is 3. The van der Waals surface area contributed by atoms with Crippen molar-refractivity contribution in [3.05, 3.63) is 77.0 Å². The molecule has 0 saturated carbocycles. The maximum absolute atomic E-state index is 13.6. The second-order valence-corrected chi connectivity index (χ2v) is 8.63. The normalized spacial score (nSPS) is 22.1. The van der Waals surface area contributed by atoms with E-state index in [9.17, 15) is 9.65 Å². The Morgan fingerprint density at radius 1 is 1.10 bits per heavy atom. The molecular weight excluding hydrogens is 387 g/mol. The summed E-state index contributed by atoms with van der Waals surface area (Å²) < 4.78 is 13.6. The number of hydrogen-bond acceptors (Lipinski definition) is 4. The first-order valence-electron chi connectivity index (χ1n) is 10.7. The van der Waals surface area contributed by atoms with Crippen LogP contribution < -0.4 is 0 Å². The van der Waals surface area contributed by atoms with Crippen molar-refractivity contribution >= 4 is 0 Å². The van der Waals surface area contributed by atoms with Gasteiger partial charge in [0.25, 0.3) is 0 Å². The van der Waals surface area contributed by atoms with E-state index in [-0.39, 0.29) is 11.7 Å². The largest absolute Gasteiger partial charge is 0.262 e. The van der Waals surface area contributed by atoms with Crippen LogP contribution in [0.5, 0.6) is 0 Å². The zero-order chi connectivity index (χ0) is 21.5. The lowest BCUT2D eigenvalue weighted by molar-refractivity contribution is 0.282. The number of fused-ring (bicyclic) bond motifs is 3. The predicted molar refractivity (Wildman–Crippen MR) is 117 cm³/mol. The van der Waals surface area contributed by atoms with E-state index in [0.717, 1.165) is 52.2 Å². The molecule has 3 unspecified atom stereocenters. The highest BCUT2D eigenvalue weighted by Crippen LogP contribution is 2.48. The monoisotopic (exact) mass is 410 g/mol. The Bertz CT molecular complexity index is 1220. The Morgan fingerprint density at radius 2 is 1.90 bits per heavy atom. The average Bonchev–Trinajstić information content (AvgIpc) is 2.78. The Hall–Kier alpha value is -3.39. The molecule has 3 aromatic rings. The standard InChI is InChI=1S/C26H23FN4/c1-15-11-17(14-28)13-23-21(15)7-8-22-24(18-3-5-20(27)6-4-18)30-26(31-25(22)23)19-9-10-29-16(2)12-19/h3-6,9-12,15,21,23H,7-8,13H2,1-2H3. The fraction of sp³-hybridized carbons (Fsp3) is 0.308. The van der Waals surface area contributed by atoms with Gasteiger partial charge in [-0.25, -0.2) is 14.4 Å². The maximum atomic E-state index is 13.6. The third-order valence-corrected chi connectivity index (χ3v) is 6.63. The van der Waals surface area contributed by atoms with Gasteiger partial charge < -0.3 is 0 Å². The molecule has 2 aromatic heterocycles. The van der Waals surface area contributed by atoms with Gasteiger partial charge in [-0.15, -0.1) is 0 Å². The van der Waals surface area contributed by atoms with Gasteiger partial charge in [0.05, 0.1) is 17.5 Å². The second kappa shape index (κ2) is 7.70. The quantitative estimate of drug-likeness (QED) is 0.536. The Labute approximate surface area is 181 Å². The fourth-order valence-electron chi connectivity index (χ4n) is 5.14. The van der Waals surface area contributed by atoms with Crippen molar-refractivity contribution in [2.45, 2.75) is 39.0 Å². The molecule has 2 aliphatic carbocycles. The highest BCUT2D eigenvalue weighted by atomic mass is 19.1. The number of nitrogens with zero attached hydrogens (tertiary/aromatic N) is 4. The van der Waals surface area contributed by atoms with E-state index in [4.69, 9.17) is 9.97 Å². The molecule has 0 N–H and O–H groups in total. The third-order valence-electron chi connectivity index (χ3n) is 6.63. The topological polar surface area (TPSA) is 62.5 Å². The van der Waals surface area contributed by atoms with Crippen molar-refractivity contribution in [3.63, 3.8) is 0 Å². The zero-order valence-corrected chi connectivity index (χ0v) is 17.6. The molecule has 5 heteroatoms. The summed E-state index contributed by atoms with van der Waals surface area (Å²) in [6.07, 6.45) is 6.54. The predicted octanol–water partition coefficient (Wildman–Crippen LogP) is 5.79. The van der Waals surface area contributed by atoms with Crippen LogP contribution in [0.15, 0.2) is 54.2 Å². The summed E-state index contributed by atoms with van der Waals surface area (Å²) in [5.41, 5.74) is 6.60. The van der Waals surface area contributed by atoms with Crippen LogP contribution in [0, 0.1) is 35.9 Å². The number of benzene rings is 1. The van der Waals surface area contributed by atoms with Crippen molar-refractivity contribution in [2.75, 3.05) is 0 Å². The molecule has 3 atom stereocenters. The molecule has 4 nitrogen and oxygen atoms in total. The molecule has 0 fully saturated rings. The molecule has 0 spiro atoms. The van der Waals surface area contributed by atoms with Crippen LogP contribution in [0.2, 0.25) is 0 Å². The van der Waals surface area contributed by atoms with Crippen LogP contribution in [0.3, 0.4) is 0 Å². The molecule has 0 amide bonds. The van der Waals surface area contributed by atoms with Crippen molar-refractivity contribution in [1.82, 2.24) is 15.0 Å². The number of rotatable bonds is 2. The van der Waals surface area contributed by atoms with E-state index < -0.39 is 0 Å². The van der Waals surface area contributed by atoms with Crippen molar-refractivity contribution in [2.24, 2.45) is 11.8 Å². The van der Waals surface area contributed by atoms with Crippen LogP contribution in [0.25, 0.3) is 22.6 Å². The van der Waals surface area contributed by atoms with E-state index in [2.05, 4.69) is 24.1 Å². The van der Waals surface area contributed by atoms with Crippen molar-refractivity contribution in [1.29, 1.82) is 5.26 Å². The molecule has 2 heterocycles. The van der Waals surface area contributed by atoms with Gasteiger partial charge in [0.1, 0.15) is 5.82 Å². The lowest BCUT2D eigenvalue weighted by Gasteiger charge is -2.39. The lowest BCUT2D eigenvalue weighted by atomic mass is 9.66. The number of nitriles is 1. The third kappa shape index (κ3) is 3.53. The SMILES string of the molecule is Cc1cc(-c2nc(-c3ccc(F)cc3)c3c(n2)C2CC(C#N)=CC(C)C2CC3)ccn1. The van der Waals surface area contributed by atoms with E-state index >= 15 is 0 Å². The molecule has 1 aromatic carbocycles. The summed E-state index contributed by atoms with van der Waals surface area (Å²) in [7, 11) is 0. The molecule has 5 rings (SSSR count). The molecule has 0 radical (unpaired) electrons. The minimum Gasteiger partial charge on any atom is -0.262 e. The highest BCUT2D eigenvalue weighted by molar-refractivity contribution is 5.69. The number of hydrogen-bond donors (Lipinski definition) is 0. The van der Waals surface area contributed by atoms with Crippen molar-refractivity contribution in [3.8, 4) is 28.7 Å². The van der Waals surface area contributed by atoms with Crippen LogP contribution in [-0.2, 0) is 6.42 Å². The summed E-state index contributed by atoms with van der Waals surface area (Å²) in [5, 5.41) is 9.58. The molecule has 0 saturated heterocycles. The van der Waals surface area contributed by atoms with Gasteiger partial charge in [-0.1, -0.05) is 13.0 Å². The van der Waals surface area contributed by atoms with Gasteiger partial charge >= 0.3 is 0 Å². The smallest absolute Gasteiger partial charge is 0.160 e. The lowest BCUT2D eigenvalue weighted by Crippen LogP contribution is -2.30. The van der Waals surface area contributed by atoms with E-state index in [1.807, 2.05) is 19.1 Å². The summed E-state index contributed by atoms with van der Waals surface area (Å²) in [6, 6.07) is 12.8. The van der Waals surface area contributed by atoms with Gasteiger partial charge in [0.2, 0.25) is 0 Å². The second-order valence-electron chi connectivity index (χ2n) is 8.63. The Balaban J connectivity index is 1.72. The summed E-state index contributed by atoms with van der Waals surface area (Å²) >= 11 is 0. The minimum atomic E-state index is -0.262. The molecule has 0 bridgehead atoms. The molecule has 0 aliphatic heterocycles. The van der Waals surface area contributed by atoms with E-state index in [1.54, 1.807) is 18.3 Å². The summed E-state index contributed by atoms with van der Waals surface area (Å²) in [6.45, 7) is 4.15. The van der Waals surface area contributed by atoms with Crippen LogP contribution in [0.4, 0.5) is 4.39 Å². The van der Waals surface area contributed by atoms with Gasteiger partial charge in [0.15, 0.2) is 5.82 Å². The number of aryl methyl sites for hydroxylation is 1. The number of halogens is 1. The summed E-state index contributed by atoms with van der Waals surface area (Å²) in [4.78, 5) is 14.3. The van der Waals surface area contributed by atoms with Crippen LogP contribution in [0.1, 0.15) is 42.6 Å². The van der Waals surface area contributed by atoms with Crippen LogP contribution >= 0.6 is 0 Å². The summed E-state index contributed by atoms with van der Waals surface area (Å²) in [5.74, 6) is 1.40. The molecular formula is C26H23FN4. The molecule has 154 valence electrons. The maximum Gasteiger partial charge on any atom is 0.160 e.